The molecule has 0 aromatic heterocycles. The summed E-state index contributed by atoms with van der Waals surface area (Å²) >= 11 is 0. The molecule has 0 atom stereocenters. The summed E-state index contributed by atoms with van der Waals surface area (Å²) in [6, 6.07) is 22.5. The van der Waals surface area contributed by atoms with Crippen LogP contribution in [0.5, 0.6) is 11.5 Å². The maximum absolute atomic E-state index is 12.1. The van der Waals surface area contributed by atoms with Crippen LogP contribution in [0.4, 0.5) is 0 Å². The quantitative estimate of drug-likeness (QED) is 0.291. The highest BCUT2D eigenvalue weighted by Gasteiger charge is 2.13. The molecule has 0 bridgehead atoms. The first-order valence-electron chi connectivity index (χ1n) is 9.40. The lowest BCUT2D eigenvalue weighted by Gasteiger charge is -2.13. The van der Waals surface area contributed by atoms with E-state index in [1.54, 1.807) is 32.0 Å². The molecule has 0 aliphatic heterocycles. The van der Waals surface area contributed by atoms with Gasteiger partial charge >= 0.3 is 11.9 Å². The van der Waals surface area contributed by atoms with Crippen LogP contribution in [0.1, 0.15) is 13.8 Å². The average Bonchev–Trinajstić information content (AvgIpc) is 2.75. The van der Waals surface area contributed by atoms with E-state index in [1.807, 2.05) is 54.6 Å². The van der Waals surface area contributed by atoms with Gasteiger partial charge < -0.3 is 9.47 Å². The highest BCUT2D eigenvalue weighted by molar-refractivity contribution is 5.91. The van der Waals surface area contributed by atoms with Gasteiger partial charge in [0.2, 0.25) is 0 Å². The Morgan fingerprint density at radius 2 is 1.23 bits per heavy atom. The molecule has 30 heavy (non-hydrogen) atoms. The molecule has 0 fully saturated rings. The Bertz CT molecular complexity index is 1110. The van der Waals surface area contributed by atoms with Crippen LogP contribution in [0.25, 0.3) is 22.3 Å². The normalized spacial score (nSPS) is 10.2. The van der Waals surface area contributed by atoms with Crippen molar-refractivity contribution in [1.82, 2.24) is 0 Å². The Morgan fingerprint density at radius 1 is 0.667 bits per heavy atom. The molecule has 0 amide bonds. The lowest BCUT2D eigenvalue weighted by Crippen LogP contribution is -2.09. The number of ether oxygens (including phenoxy) is 2. The summed E-state index contributed by atoms with van der Waals surface area (Å²) < 4.78 is 10.8. The summed E-state index contributed by atoms with van der Waals surface area (Å²) in [5.74, 6) is -0.0200. The van der Waals surface area contributed by atoms with E-state index in [-0.39, 0.29) is 0 Å². The molecule has 0 aliphatic carbocycles. The molecule has 0 unspecified atom stereocenters. The van der Waals surface area contributed by atoms with Gasteiger partial charge in [0, 0.05) is 16.7 Å². The Morgan fingerprint density at radius 3 is 1.83 bits per heavy atom. The van der Waals surface area contributed by atoms with Crippen molar-refractivity contribution in [2.75, 3.05) is 0 Å². The van der Waals surface area contributed by atoms with E-state index in [0.29, 0.717) is 22.6 Å². The van der Waals surface area contributed by atoms with E-state index in [9.17, 15) is 9.59 Å². The van der Waals surface area contributed by atoms with Crippen LogP contribution in [0.15, 0.2) is 97.1 Å². The number of carbonyl (C=O) groups excluding carboxylic acids is 2. The molecular weight excluding hydrogens is 376 g/mol. The number of hydrogen-bond acceptors (Lipinski definition) is 4. The Kier molecular flexibility index (Phi) is 6.28. The average molecular weight is 398 g/mol. The smallest absolute Gasteiger partial charge is 0.338 e. The molecule has 0 aliphatic rings. The SMILES string of the molecule is C=C(C)C(=O)Oc1ccc(-c2ccc(OC(=O)C(=C)C)c(-c3ccccc3)c2)cc1. The molecule has 3 aromatic carbocycles. The lowest BCUT2D eigenvalue weighted by atomic mass is 9.98. The van der Waals surface area contributed by atoms with Gasteiger partial charge in [-0.15, -0.1) is 0 Å². The maximum atomic E-state index is 12.1. The van der Waals surface area contributed by atoms with Crippen LogP contribution in [-0.2, 0) is 9.59 Å². The molecule has 0 N–H and O–H groups in total. The molecule has 3 rings (SSSR count). The highest BCUT2D eigenvalue weighted by Crippen LogP contribution is 2.35. The number of carbonyl (C=O) groups is 2. The van der Waals surface area contributed by atoms with E-state index in [4.69, 9.17) is 9.47 Å². The molecule has 0 spiro atoms. The standard InChI is InChI=1S/C26H22O4/c1-17(2)25(27)29-22-13-10-19(11-14-22)21-12-15-24(30-26(28)18(3)4)23(16-21)20-8-6-5-7-9-20/h5-16H,1,3H2,2,4H3. The summed E-state index contributed by atoms with van der Waals surface area (Å²) in [6.45, 7) is 10.4. The second-order valence-electron chi connectivity index (χ2n) is 6.94. The maximum Gasteiger partial charge on any atom is 0.338 e. The zero-order valence-electron chi connectivity index (χ0n) is 17.0. The summed E-state index contributed by atoms with van der Waals surface area (Å²) in [7, 11) is 0. The Labute approximate surface area is 176 Å². The first kappa shape index (κ1) is 20.8. The van der Waals surface area contributed by atoms with Gasteiger partial charge in [0.15, 0.2) is 0 Å². The van der Waals surface area contributed by atoms with Gasteiger partial charge in [-0.25, -0.2) is 9.59 Å². The molecule has 4 nitrogen and oxygen atoms in total. The van der Waals surface area contributed by atoms with E-state index in [0.717, 1.165) is 22.3 Å². The topological polar surface area (TPSA) is 52.6 Å². The molecule has 3 aromatic rings. The summed E-state index contributed by atoms with van der Waals surface area (Å²) in [6.07, 6.45) is 0. The first-order chi connectivity index (χ1) is 14.3. The summed E-state index contributed by atoms with van der Waals surface area (Å²) in [5.41, 5.74) is 4.25. The van der Waals surface area contributed by atoms with Gasteiger partial charge in [0.25, 0.3) is 0 Å². The van der Waals surface area contributed by atoms with Crippen molar-refractivity contribution < 1.29 is 19.1 Å². The lowest BCUT2D eigenvalue weighted by molar-refractivity contribution is -0.130. The predicted octanol–water partition coefficient (Wildman–Crippen LogP) is 5.98. The van der Waals surface area contributed by atoms with Crippen LogP contribution in [0, 0.1) is 0 Å². The van der Waals surface area contributed by atoms with Crippen molar-refractivity contribution in [3.63, 3.8) is 0 Å². The van der Waals surface area contributed by atoms with Crippen LogP contribution in [0.2, 0.25) is 0 Å². The van der Waals surface area contributed by atoms with Gasteiger partial charge in [0.05, 0.1) is 0 Å². The van der Waals surface area contributed by atoms with E-state index in [1.165, 1.54) is 0 Å². The van der Waals surface area contributed by atoms with Gasteiger partial charge in [-0.05, 0) is 54.8 Å². The Hall–Kier alpha value is -3.92. The minimum atomic E-state index is -0.469. The largest absolute Gasteiger partial charge is 0.423 e. The molecular formula is C26H22O4. The fourth-order valence-electron chi connectivity index (χ4n) is 2.74. The molecule has 4 heteroatoms. The number of benzene rings is 3. The number of rotatable bonds is 6. The molecule has 0 heterocycles. The Balaban J connectivity index is 1.96. The first-order valence-corrected chi connectivity index (χ1v) is 9.40. The third-order valence-corrected chi connectivity index (χ3v) is 4.36. The zero-order valence-corrected chi connectivity index (χ0v) is 17.0. The van der Waals surface area contributed by atoms with Crippen molar-refractivity contribution >= 4 is 11.9 Å². The van der Waals surface area contributed by atoms with Crippen LogP contribution in [-0.4, -0.2) is 11.9 Å². The van der Waals surface area contributed by atoms with Crippen molar-refractivity contribution in [2.24, 2.45) is 0 Å². The predicted molar refractivity (Wildman–Crippen MR) is 118 cm³/mol. The van der Waals surface area contributed by atoms with Gasteiger partial charge in [-0.3, -0.25) is 0 Å². The van der Waals surface area contributed by atoms with E-state index >= 15 is 0 Å². The van der Waals surface area contributed by atoms with Crippen LogP contribution >= 0.6 is 0 Å². The van der Waals surface area contributed by atoms with Crippen molar-refractivity contribution in [1.29, 1.82) is 0 Å². The molecule has 150 valence electrons. The minimum Gasteiger partial charge on any atom is -0.423 e. The summed E-state index contributed by atoms with van der Waals surface area (Å²) in [5, 5.41) is 0. The van der Waals surface area contributed by atoms with Gasteiger partial charge in [0.1, 0.15) is 11.5 Å². The van der Waals surface area contributed by atoms with E-state index < -0.39 is 11.9 Å². The minimum absolute atomic E-state index is 0.331. The van der Waals surface area contributed by atoms with Gasteiger partial charge in [-0.2, -0.15) is 0 Å². The second kappa shape index (κ2) is 9.05. The third-order valence-electron chi connectivity index (χ3n) is 4.36. The monoisotopic (exact) mass is 398 g/mol. The highest BCUT2D eigenvalue weighted by atomic mass is 16.5. The second-order valence-corrected chi connectivity index (χ2v) is 6.94. The molecule has 0 saturated carbocycles. The fourth-order valence-corrected chi connectivity index (χ4v) is 2.74. The van der Waals surface area contributed by atoms with Crippen molar-refractivity contribution in [2.45, 2.75) is 13.8 Å². The van der Waals surface area contributed by atoms with Crippen molar-refractivity contribution in [3.05, 3.63) is 97.1 Å². The van der Waals surface area contributed by atoms with Crippen LogP contribution in [0.3, 0.4) is 0 Å². The van der Waals surface area contributed by atoms with E-state index in [2.05, 4.69) is 13.2 Å². The number of esters is 2. The van der Waals surface area contributed by atoms with Gasteiger partial charge in [-0.1, -0.05) is 61.7 Å². The number of hydrogen-bond donors (Lipinski definition) is 0. The third kappa shape index (κ3) is 4.92. The molecule has 0 radical (unpaired) electrons. The summed E-state index contributed by atoms with van der Waals surface area (Å²) in [4.78, 5) is 23.7. The molecule has 0 saturated heterocycles. The van der Waals surface area contributed by atoms with Crippen LogP contribution < -0.4 is 9.47 Å². The van der Waals surface area contributed by atoms with Crippen molar-refractivity contribution in [3.8, 4) is 33.8 Å². The zero-order chi connectivity index (χ0) is 21.7. The fraction of sp³-hybridized carbons (Fsp3) is 0.0769.